The predicted molar refractivity (Wildman–Crippen MR) is 67.5 cm³/mol. The van der Waals surface area contributed by atoms with E-state index in [2.05, 4.69) is 0 Å². The molecular weight excluding hydrogens is 230 g/mol. The normalized spacial score (nSPS) is 10.3. The molecule has 2 aromatic rings. The van der Waals surface area contributed by atoms with Gasteiger partial charge < -0.3 is 9.67 Å². The fourth-order valence-electron chi connectivity index (χ4n) is 1.74. The van der Waals surface area contributed by atoms with Crippen molar-refractivity contribution in [2.45, 2.75) is 13.8 Å². The number of hydrogen-bond acceptors (Lipinski definition) is 2. The van der Waals surface area contributed by atoms with Crippen LogP contribution in [0.4, 0.5) is 0 Å². The number of carbonyl (C=O) groups is 2. The number of rotatable bonds is 3. The van der Waals surface area contributed by atoms with Crippen molar-refractivity contribution >= 4 is 11.8 Å². The molecule has 0 radical (unpaired) electrons. The maximum absolute atomic E-state index is 11.3. The number of aryl methyl sites for hydroxylation is 1. The second-order valence-corrected chi connectivity index (χ2v) is 4.18. The molecule has 0 spiro atoms. The second-order valence-electron chi connectivity index (χ2n) is 4.18. The lowest BCUT2D eigenvalue weighted by Gasteiger charge is -2.06. The molecule has 1 aromatic carbocycles. The molecule has 2 rings (SSSR count). The number of benzene rings is 1. The number of aromatic carboxylic acids is 1. The number of aromatic nitrogens is 1. The highest BCUT2D eigenvalue weighted by molar-refractivity contribution is 5.97. The minimum absolute atomic E-state index is 0.0871. The van der Waals surface area contributed by atoms with Crippen LogP contribution in [0.2, 0.25) is 0 Å². The minimum atomic E-state index is -1.05. The Balaban J connectivity index is 2.58. The third-order valence-corrected chi connectivity index (χ3v) is 2.76. The quantitative estimate of drug-likeness (QED) is 0.843. The smallest absolute Gasteiger partial charge is 0.352 e. The van der Waals surface area contributed by atoms with Crippen LogP contribution in [0.15, 0.2) is 36.5 Å². The Morgan fingerprint density at radius 3 is 2.28 bits per heavy atom. The van der Waals surface area contributed by atoms with E-state index in [1.54, 1.807) is 6.20 Å². The lowest BCUT2D eigenvalue weighted by molar-refractivity contribution is 0.0688. The highest BCUT2D eigenvalue weighted by atomic mass is 16.4. The van der Waals surface area contributed by atoms with Crippen molar-refractivity contribution < 1.29 is 14.7 Å². The Morgan fingerprint density at radius 1 is 1.17 bits per heavy atom. The van der Waals surface area contributed by atoms with E-state index in [0.717, 1.165) is 11.3 Å². The van der Waals surface area contributed by atoms with Gasteiger partial charge >= 0.3 is 5.97 Å². The van der Waals surface area contributed by atoms with Gasteiger partial charge in [-0.2, -0.15) is 0 Å². The predicted octanol–water partition coefficient (Wildman–Crippen LogP) is 2.69. The van der Waals surface area contributed by atoms with Crippen molar-refractivity contribution in [3.05, 3.63) is 53.3 Å². The molecule has 0 aliphatic rings. The molecule has 1 N–H and O–H groups in total. The van der Waals surface area contributed by atoms with E-state index in [4.69, 9.17) is 5.11 Å². The van der Waals surface area contributed by atoms with E-state index in [-0.39, 0.29) is 11.5 Å². The molecule has 0 amide bonds. The van der Waals surface area contributed by atoms with Crippen molar-refractivity contribution in [1.29, 1.82) is 0 Å². The van der Waals surface area contributed by atoms with Crippen LogP contribution >= 0.6 is 0 Å². The summed E-state index contributed by atoms with van der Waals surface area (Å²) in [5, 5.41) is 9.14. The van der Waals surface area contributed by atoms with Crippen molar-refractivity contribution in [2.75, 3.05) is 0 Å². The Hall–Kier alpha value is -2.36. The third kappa shape index (κ3) is 2.18. The van der Waals surface area contributed by atoms with Crippen LogP contribution in [-0.2, 0) is 0 Å². The molecule has 0 saturated heterocycles. The van der Waals surface area contributed by atoms with Crippen LogP contribution in [0.25, 0.3) is 5.69 Å². The Bertz CT molecular complexity index is 608. The highest BCUT2D eigenvalue weighted by Crippen LogP contribution is 2.17. The first kappa shape index (κ1) is 12.1. The van der Waals surface area contributed by atoms with Gasteiger partial charge in [0.15, 0.2) is 5.78 Å². The van der Waals surface area contributed by atoms with Crippen molar-refractivity contribution in [2.24, 2.45) is 0 Å². The fourth-order valence-corrected chi connectivity index (χ4v) is 1.74. The maximum Gasteiger partial charge on any atom is 0.352 e. The highest BCUT2D eigenvalue weighted by Gasteiger charge is 2.15. The Kier molecular flexibility index (Phi) is 3.02. The summed E-state index contributed by atoms with van der Waals surface area (Å²) in [5.41, 5.74) is 2.30. The van der Waals surface area contributed by atoms with E-state index in [9.17, 15) is 9.59 Å². The first-order valence-corrected chi connectivity index (χ1v) is 5.52. The zero-order chi connectivity index (χ0) is 13.3. The number of hydrogen-bond donors (Lipinski definition) is 1. The van der Waals surface area contributed by atoms with Crippen molar-refractivity contribution in [3.8, 4) is 5.69 Å². The summed E-state index contributed by atoms with van der Waals surface area (Å²) in [7, 11) is 0. The molecule has 0 bridgehead atoms. The molecule has 18 heavy (non-hydrogen) atoms. The number of carbonyl (C=O) groups excluding carboxylic acids is 1. The molecule has 0 aliphatic carbocycles. The van der Waals surface area contributed by atoms with E-state index in [1.807, 2.05) is 31.2 Å². The molecular formula is C14H13NO3. The third-order valence-electron chi connectivity index (χ3n) is 2.76. The average molecular weight is 243 g/mol. The van der Waals surface area contributed by atoms with E-state index in [0.29, 0.717) is 5.56 Å². The molecule has 0 unspecified atom stereocenters. The topological polar surface area (TPSA) is 59.3 Å². The van der Waals surface area contributed by atoms with Gasteiger partial charge in [-0.05, 0) is 32.0 Å². The van der Waals surface area contributed by atoms with Gasteiger partial charge in [-0.15, -0.1) is 0 Å². The van der Waals surface area contributed by atoms with Crippen LogP contribution in [0, 0.1) is 6.92 Å². The standard InChI is InChI=1S/C14H13NO3/c1-9-3-5-12(6-4-9)15-8-11(10(2)16)7-13(15)14(17)18/h3-8H,1-2H3,(H,17,18). The summed E-state index contributed by atoms with van der Waals surface area (Å²) < 4.78 is 1.51. The summed E-state index contributed by atoms with van der Waals surface area (Å²) in [6, 6.07) is 8.84. The number of carboxylic acids is 1. The van der Waals surface area contributed by atoms with Gasteiger partial charge in [0.1, 0.15) is 5.69 Å². The number of nitrogens with zero attached hydrogens (tertiary/aromatic N) is 1. The van der Waals surface area contributed by atoms with Crippen LogP contribution in [0.3, 0.4) is 0 Å². The molecule has 4 heteroatoms. The molecule has 92 valence electrons. The SMILES string of the molecule is CC(=O)c1cc(C(=O)O)n(-c2ccc(C)cc2)c1. The molecule has 1 aromatic heterocycles. The Morgan fingerprint density at radius 2 is 1.78 bits per heavy atom. The number of carboxylic acid groups (broad SMARTS) is 1. The second kappa shape index (κ2) is 4.49. The average Bonchev–Trinajstić information content (AvgIpc) is 2.75. The molecule has 0 aliphatic heterocycles. The van der Waals surface area contributed by atoms with Gasteiger partial charge in [-0.3, -0.25) is 4.79 Å². The largest absolute Gasteiger partial charge is 0.477 e. The summed E-state index contributed by atoms with van der Waals surface area (Å²) in [4.78, 5) is 22.5. The summed E-state index contributed by atoms with van der Waals surface area (Å²) in [6.07, 6.45) is 1.55. The number of ketones is 1. The number of Topliss-reactive ketones (excluding diaryl/α,β-unsaturated/α-hetero) is 1. The lowest BCUT2D eigenvalue weighted by Crippen LogP contribution is -2.05. The first-order valence-electron chi connectivity index (χ1n) is 5.52. The lowest BCUT2D eigenvalue weighted by atomic mass is 10.2. The maximum atomic E-state index is 11.3. The minimum Gasteiger partial charge on any atom is -0.477 e. The molecule has 1 heterocycles. The molecule has 0 saturated carbocycles. The fraction of sp³-hybridized carbons (Fsp3) is 0.143. The van der Waals surface area contributed by atoms with Gasteiger partial charge in [0, 0.05) is 17.4 Å². The zero-order valence-electron chi connectivity index (χ0n) is 10.2. The van der Waals surface area contributed by atoms with Crippen LogP contribution < -0.4 is 0 Å². The zero-order valence-corrected chi connectivity index (χ0v) is 10.2. The van der Waals surface area contributed by atoms with Gasteiger partial charge in [0.05, 0.1) is 0 Å². The summed E-state index contributed by atoms with van der Waals surface area (Å²) >= 11 is 0. The van der Waals surface area contributed by atoms with Crippen LogP contribution in [-0.4, -0.2) is 21.4 Å². The van der Waals surface area contributed by atoms with Gasteiger partial charge in [0.25, 0.3) is 0 Å². The van der Waals surface area contributed by atoms with Crippen molar-refractivity contribution in [3.63, 3.8) is 0 Å². The van der Waals surface area contributed by atoms with Gasteiger partial charge in [0.2, 0.25) is 0 Å². The molecule has 0 fully saturated rings. The van der Waals surface area contributed by atoms with E-state index < -0.39 is 5.97 Å². The van der Waals surface area contributed by atoms with Crippen LogP contribution in [0.1, 0.15) is 33.3 Å². The van der Waals surface area contributed by atoms with E-state index >= 15 is 0 Å². The van der Waals surface area contributed by atoms with Crippen LogP contribution in [0.5, 0.6) is 0 Å². The monoisotopic (exact) mass is 243 g/mol. The van der Waals surface area contributed by atoms with E-state index in [1.165, 1.54) is 17.6 Å². The van der Waals surface area contributed by atoms with Crippen molar-refractivity contribution in [1.82, 2.24) is 4.57 Å². The van der Waals surface area contributed by atoms with Gasteiger partial charge in [-0.25, -0.2) is 4.79 Å². The molecule has 4 nitrogen and oxygen atoms in total. The summed E-state index contributed by atoms with van der Waals surface area (Å²) in [6.45, 7) is 3.37. The van der Waals surface area contributed by atoms with Gasteiger partial charge in [-0.1, -0.05) is 17.7 Å². The first-order chi connectivity index (χ1) is 8.49. The molecule has 0 atom stereocenters. The Labute approximate surface area is 104 Å². The summed E-state index contributed by atoms with van der Waals surface area (Å²) in [5.74, 6) is -1.20.